The Kier molecular flexibility index (Phi) is 4.40. The Morgan fingerprint density at radius 2 is 2.28 bits per heavy atom. The van der Waals surface area contributed by atoms with Gasteiger partial charge in [0.25, 0.3) is 5.91 Å². The summed E-state index contributed by atoms with van der Waals surface area (Å²) in [7, 11) is 0. The number of benzene rings is 1. The standard InChI is InChI=1S/C14H18BrNO2/c1-10-4-3-5-12(6-10)14(17)16-8-11(2)18-13(7-15)9-16/h3-6,11,13H,7-9H2,1-2H3. The van der Waals surface area contributed by atoms with Crippen LogP contribution < -0.4 is 0 Å². The molecule has 0 saturated carbocycles. The molecule has 4 heteroatoms. The summed E-state index contributed by atoms with van der Waals surface area (Å²) in [4.78, 5) is 14.3. The Morgan fingerprint density at radius 1 is 1.50 bits per heavy atom. The van der Waals surface area contributed by atoms with Crippen molar-refractivity contribution in [3.8, 4) is 0 Å². The first-order chi connectivity index (χ1) is 8.60. The highest BCUT2D eigenvalue weighted by atomic mass is 79.9. The van der Waals surface area contributed by atoms with Crippen LogP contribution in [0.25, 0.3) is 0 Å². The van der Waals surface area contributed by atoms with E-state index in [9.17, 15) is 4.79 Å². The van der Waals surface area contributed by atoms with Crippen LogP contribution in [-0.2, 0) is 4.74 Å². The van der Waals surface area contributed by atoms with Gasteiger partial charge in [0.2, 0.25) is 0 Å². The van der Waals surface area contributed by atoms with Crippen molar-refractivity contribution >= 4 is 21.8 Å². The molecular weight excluding hydrogens is 294 g/mol. The van der Waals surface area contributed by atoms with E-state index in [4.69, 9.17) is 4.74 Å². The molecule has 98 valence electrons. The van der Waals surface area contributed by atoms with E-state index in [-0.39, 0.29) is 18.1 Å². The Bertz CT molecular complexity index is 436. The number of hydrogen-bond acceptors (Lipinski definition) is 2. The maximum atomic E-state index is 12.4. The number of carbonyl (C=O) groups excluding carboxylic acids is 1. The van der Waals surface area contributed by atoms with Crippen molar-refractivity contribution < 1.29 is 9.53 Å². The number of aryl methyl sites for hydroxylation is 1. The summed E-state index contributed by atoms with van der Waals surface area (Å²) in [6.07, 6.45) is 0.178. The van der Waals surface area contributed by atoms with Crippen molar-refractivity contribution in [2.45, 2.75) is 26.1 Å². The van der Waals surface area contributed by atoms with Gasteiger partial charge in [0, 0.05) is 24.0 Å². The molecule has 0 aromatic heterocycles. The van der Waals surface area contributed by atoms with E-state index < -0.39 is 0 Å². The Labute approximate surface area is 116 Å². The molecule has 2 unspecified atom stereocenters. The van der Waals surface area contributed by atoms with Crippen LogP contribution in [0, 0.1) is 6.92 Å². The van der Waals surface area contributed by atoms with Crippen LogP contribution in [0.2, 0.25) is 0 Å². The van der Waals surface area contributed by atoms with Gasteiger partial charge in [0.05, 0.1) is 12.2 Å². The Hall–Kier alpha value is -0.870. The van der Waals surface area contributed by atoms with E-state index in [0.29, 0.717) is 13.1 Å². The molecule has 1 aromatic carbocycles. The molecule has 0 N–H and O–H groups in total. The molecule has 2 atom stereocenters. The second-order valence-corrected chi connectivity index (χ2v) is 5.45. The molecule has 0 bridgehead atoms. The van der Waals surface area contributed by atoms with E-state index in [1.54, 1.807) is 0 Å². The first kappa shape index (κ1) is 13.6. The van der Waals surface area contributed by atoms with E-state index in [1.165, 1.54) is 0 Å². The van der Waals surface area contributed by atoms with Gasteiger partial charge in [-0.3, -0.25) is 4.79 Å². The zero-order valence-electron chi connectivity index (χ0n) is 10.7. The minimum atomic E-state index is 0.0857. The molecule has 18 heavy (non-hydrogen) atoms. The van der Waals surface area contributed by atoms with Crippen molar-refractivity contribution in [3.05, 3.63) is 35.4 Å². The largest absolute Gasteiger partial charge is 0.371 e. The summed E-state index contributed by atoms with van der Waals surface area (Å²) in [5, 5.41) is 0.759. The number of amides is 1. The molecule has 0 aliphatic carbocycles. The normalized spacial score (nSPS) is 24.1. The fraction of sp³-hybridized carbons (Fsp3) is 0.500. The van der Waals surface area contributed by atoms with Gasteiger partial charge in [-0.15, -0.1) is 0 Å². The molecule has 1 aliphatic heterocycles. The average molecular weight is 312 g/mol. The van der Waals surface area contributed by atoms with Gasteiger partial charge in [0.1, 0.15) is 0 Å². The summed E-state index contributed by atoms with van der Waals surface area (Å²) in [6, 6.07) is 7.73. The minimum Gasteiger partial charge on any atom is -0.371 e. The van der Waals surface area contributed by atoms with Gasteiger partial charge in [-0.2, -0.15) is 0 Å². The highest BCUT2D eigenvalue weighted by molar-refractivity contribution is 9.09. The molecule has 0 spiro atoms. The number of alkyl halides is 1. The second kappa shape index (κ2) is 5.85. The molecule has 1 aliphatic rings. The lowest BCUT2D eigenvalue weighted by Gasteiger charge is -2.36. The Morgan fingerprint density at radius 3 is 2.94 bits per heavy atom. The lowest BCUT2D eigenvalue weighted by Crippen LogP contribution is -2.49. The molecule has 0 radical (unpaired) electrons. The van der Waals surface area contributed by atoms with Gasteiger partial charge in [-0.05, 0) is 26.0 Å². The van der Waals surface area contributed by atoms with E-state index in [0.717, 1.165) is 16.5 Å². The van der Waals surface area contributed by atoms with Crippen LogP contribution in [0.15, 0.2) is 24.3 Å². The van der Waals surface area contributed by atoms with Crippen molar-refractivity contribution in [2.75, 3.05) is 18.4 Å². The summed E-state index contributed by atoms with van der Waals surface area (Å²) < 4.78 is 5.73. The second-order valence-electron chi connectivity index (χ2n) is 4.80. The lowest BCUT2D eigenvalue weighted by molar-refractivity contribution is -0.0559. The van der Waals surface area contributed by atoms with Gasteiger partial charge in [0.15, 0.2) is 0 Å². The number of nitrogens with zero attached hydrogens (tertiary/aromatic N) is 1. The van der Waals surface area contributed by atoms with Crippen LogP contribution in [0.4, 0.5) is 0 Å². The molecule has 1 aromatic rings. The maximum absolute atomic E-state index is 12.4. The van der Waals surface area contributed by atoms with Crippen LogP contribution in [0.1, 0.15) is 22.8 Å². The molecule has 1 heterocycles. The third-order valence-corrected chi connectivity index (χ3v) is 3.77. The number of morpholine rings is 1. The van der Waals surface area contributed by atoms with Crippen molar-refractivity contribution in [1.29, 1.82) is 0 Å². The van der Waals surface area contributed by atoms with Crippen molar-refractivity contribution in [3.63, 3.8) is 0 Å². The summed E-state index contributed by atoms with van der Waals surface area (Å²) in [6.45, 7) is 5.32. The first-order valence-corrected chi connectivity index (χ1v) is 7.29. The van der Waals surface area contributed by atoms with E-state index in [1.807, 2.05) is 43.0 Å². The van der Waals surface area contributed by atoms with E-state index >= 15 is 0 Å². The van der Waals surface area contributed by atoms with Gasteiger partial charge >= 0.3 is 0 Å². The smallest absolute Gasteiger partial charge is 0.254 e. The predicted molar refractivity (Wildman–Crippen MR) is 75.2 cm³/mol. The summed E-state index contributed by atoms with van der Waals surface area (Å²) >= 11 is 3.42. The fourth-order valence-electron chi connectivity index (χ4n) is 2.26. The number of carbonyl (C=O) groups is 1. The number of hydrogen-bond donors (Lipinski definition) is 0. The topological polar surface area (TPSA) is 29.5 Å². The zero-order valence-corrected chi connectivity index (χ0v) is 12.3. The molecule has 1 amide bonds. The van der Waals surface area contributed by atoms with Crippen LogP contribution in [0.5, 0.6) is 0 Å². The van der Waals surface area contributed by atoms with Crippen LogP contribution >= 0.6 is 15.9 Å². The fourth-order valence-corrected chi connectivity index (χ4v) is 2.61. The van der Waals surface area contributed by atoms with Crippen LogP contribution in [-0.4, -0.2) is 41.4 Å². The SMILES string of the molecule is Cc1cccc(C(=O)N2CC(C)OC(CBr)C2)c1. The minimum absolute atomic E-state index is 0.0857. The van der Waals surface area contributed by atoms with Crippen molar-refractivity contribution in [1.82, 2.24) is 4.90 Å². The molecule has 1 fully saturated rings. The highest BCUT2D eigenvalue weighted by Crippen LogP contribution is 2.16. The Balaban J connectivity index is 2.13. The average Bonchev–Trinajstić information content (AvgIpc) is 2.37. The maximum Gasteiger partial charge on any atom is 0.254 e. The zero-order chi connectivity index (χ0) is 13.1. The third-order valence-electron chi connectivity index (χ3n) is 3.05. The number of rotatable bonds is 2. The quantitative estimate of drug-likeness (QED) is 0.786. The van der Waals surface area contributed by atoms with Gasteiger partial charge in [-0.25, -0.2) is 0 Å². The number of halogens is 1. The molecular formula is C14H18BrNO2. The monoisotopic (exact) mass is 311 g/mol. The molecule has 3 nitrogen and oxygen atoms in total. The first-order valence-electron chi connectivity index (χ1n) is 6.17. The van der Waals surface area contributed by atoms with Crippen LogP contribution in [0.3, 0.4) is 0 Å². The summed E-state index contributed by atoms with van der Waals surface area (Å²) in [5.74, 6) is 0.0970. The van der Waals surface area contributed by atoms with E-state index in [2.05, 4.69) is 15.9 Å². The van der Waals surface area contributed by atoms with Gasteiger partial charge < -0.3 is 9.64 Å². The number of ether oxygens (including phenoxy) is 1. The molecule has 2 rings (SSSR count). The third kappa shape index (κ3) is 3.12. The molecule has 1 saturated heterocycles. The highest BCUT2D eigenvalue weighted by Gasteiger charge is 2.28. The summed E-state index contributed by atoms with van der Waals surface area (Å²) in [5.41, 5.74) is 1.87. The lowest BCUT2D eigenvalue weighted by atomic mass is 10.1. The van der Waals surface area contributed by atoms with Gasteiger partial charge in [-0.1, -0.05) is 33.6 Å². The van der Waals surface area contributed by atoms with Crippen molar-refractivity contribution in [2.24, 2.45) is 0 Å². The predicted octanol–water partition coefficient (Wildman–Crippen LogP) is 2.62.